The van der Waals surface area contributed by atoms with Crippen LogP contribution in [0.3, 0.4) is 0 Å². The van der Waals surface area contributed by atoms with Crippen LogP contribution in [0.4, 0.5) is 27.8 Å². The molecule has 0 aliphatic heterocycles. The highest BCUT2D eigenvalue weighted by Gasteiger charge is 2.10. The first-order valence-electron chi connectivity index (χ1n) is 10.4. The zero-order valence-electron chi connectivity index (χ0n) is 18.9. The maximum atomic E-state index is 12.3. The van der Waals surface area contributed by atoms with Crippen molar-refractivity contribution in [3.8, 4) is 0 Å². The molecule has 4 rings (SSSR count). The number of nitrogens with one attached hydrogen (secondary N) is 4. The Morgan fingerprint density at radius 3 is 2.36 bits per heavy atom. The molecule has 2 amide bonds. The zero-order valence-corrected chi connectivity index (χ0v) is 19.7. The predicted molar refractivity (Wildman–Crippen MR) is 132 cm³/mol. The second-order valence-electron chi connectivity index (χ2n) is 7.77. The van der Waals surface area contributed by atoms with E-state index in [9.17, 15) is 4.79 Å². The summed E-state index contributed by atoms with van der Waals surface area (Å²) < 4.78 is 0. The number of hydrogen-bond acceptors (Lipinski definition) is 6. The van der Waals surface area contributed by atoms with Gasteiger partial charge in [-0.3, -0.25) is 5.10 Å². The van der Waals surface area contributed by atoms with Crippen molar-refractivity contribution in [3.05, 3.63) is 77.1 Å². The molecule has 2 heterocycles. The monoisotopic (exact) mass is 459 g/mol. The van der Waals surface area contributed by atoms with Crippen molar-refractivity contribution in [2.24, 2.45) is 0 Å². The van der Waals surface area contributed by atoms with Gasteiger partial charge in [0.25, 0.3) is 0 Å². The molecule has 0 fully saturated rings. The van der Waals surface area contributed by atoms with Crippen LogP contribution in [0.5, 0.6) is 0 Å². The van der Waals surface area contributed by atoms with Gasteiger partial charge in [-0.15, -0.1) is 0 Å². The van der Waals surface area contributed by atoms with Crippen molar-refractivity contribution < 1.29 is 4.79 Å². The van der Waals surface area contributed by atoms with E-state index in [0.29, 0.717) is 22.5 Å². The minimum absolute atomic E-state index is 0.285. The fraction of sp³-hybridized carbons (Fsp3) is 0.167. The number of carbonyl (C=O) groups excluding carboxylic acids is 1. The van der Waals surface area contributed by atoms with Gasteiger partial charge < -0.3 is 16.0 Å². The minimum Gasteiger partial charge on any atom is -0.323 e. The molecule has 0 unspecified atom stereocenters. The van der Waals surface area contributed by atoms with Crippen LogP contribution >= 0.6 is 11.8 Å². The molecule has 0 radical (unpaired) electrons. The highest BCUT2D eigenvalue weighted by atomic mass is 32.2. The summed E-state index contributed by atoms with van der Waals surface area (Å²) in [4.78, 5) is 22.5. The summed E-state index contributed by atoms with van der Waals surface area (Å²) in [5.41, 5.74) is 5.38. The molecule has 0 spiro atoms. The third-order valence-electron chi connectivity index (χ3n) is 4.71. The van der Waals surface area contributed by atoms with Crippen molar-refractivity contribution >= 4 is 40.8 Å². The zero-order chi connectivity index (χ0) is 23.4. The van der Waals surface area contributed by atoms with Crippen LogP contribution in [0.25, 0.3) is 0 Å². The highest BCUT2D eigenvalue weighted by molar-refractivity contribution is 7.99. The summed E-state index contributed by atoms with van der Waals surface area (Å²) in [5.74, 6) is 1.39. The molecule has 2 aromatic heterocycles. The second-order valence-corrected chi connectivity index (χ2v) is 8.78. The number of aromatic nitrogens is 4. The number of aromatic amines is 1. The van der Waals surface area contributed by atoms with Crippen LogP contribution in [0.2, 0.25) is 0 Å². The number of aryl methyl sites for hydroxylation is 4. The minimum atomic E-state index is -0.285. The number of urea groups is 1. The summed E-state index contributed by atoms with van der Waals surface area (Å²) >= 11 is 1.47. The second kappa shape index (κ2) is 9.74. The van der Waals surface area contributed by atoms with E-state index in [2.05, 4.69) is 36.1 Å². The van der Waals surface area contributed by atoms with E-state index < -0.39 is 0 Å². The van der Waals surface area contributed by atoms with E-state index in [4.69, 9.17) is 0 Å². The van der Waals surface area contributed by atoms with Crippen LogP contribution in [-0.2, 0) is 0 Å². The molecule has 0 bridgehead atoms. The highest BCUT2D eigenvalue weighted by Crippen LogP contribution is 2.31. The first-order chi connectivity index (χ1) is 15.8. The van der Waals surface area contributed by atoms with Crippen molar-refractivity contribution in [1.29, 1.82) is 0 Å². The van der Waals surface area contributed by atoms with Crippen LogP contribution in [0.1, 0.15) is 22.5 Å². The molecule has 9 heteroatoms. The molecule has 2 aromatic carbocycles. The quantitative estimate of drug-likeness (QED) is 0.265. The van der Waals surface area contributed by atoms with Gasteiger partial charge in [0, 0.05) is 39.8 Å². The molecule has 168 valence electrons. The van der Waals surface area contributed by atoms with E-state index in [1.54, 1.807) is 0 Å². The largest absolute Gasteiger partial charge is 0.323 e. The lowest BCUT2D eigenvalue weighted by Crippen LogP contribution is -2.19. The Kier molecular flexibility index (Phi) is 6.60. The van der Waals surface area contributed by atoms with Crippen molar-refractivity contribution in [3.63, 3.8) is 0 Å². The Bertz CT molecular complexity index is 1300. The number of hydrogen-bond donors (Lipinski definition) is 4. The van der Waals surface area contributed by atoms with Gasteiger partial charge in [0.1, 0.15) is 5.82 Å². The van der Waals surface area contributed by atoms with E-state index in [-0.39, 0.29) is 6.03 Å². The number of H-pyrrole nitrogens is 1. The molecule has 0 atom stereocenters. The number of anilines is 4. The first-order valence-corrected chi connectivity index (χ1v) is 11.2. The summed E-state index contributed by atoms with van der Waals surface area (Å²) in [6.07, 6.45) is 0. The molecule has 0 aliphatic carbocycles. The average Bonchev–Trinajstić information content (AvgIpc) is 3.14. The molecule has 8 nitrogen and oxygen atoms in total. The fourth-order valence-electron chi connectivity index (χ4n) is 3.22. The van der Waals surface area contributed by atoms with E-state index in [0.717, 1.165) is 33.1 Å². The van der Waals surface area contributed by atoms with Crippen molar-refractivity contribution in [2.75, 3.05) is 16.0 Å². The average molecular weight is 460 g/mol. The lowest BCUT2D eigenvalue weighted by molar-refractivity contribution is 0.262. The van der Waals surface area contributed by atoms with Gasteiger partial charge in [-0.25, -0.2) is 14.8 Å². The third kappa shape index (κ3) is 6.11. The van der Waals surface area contributed by atoms with E-state index >= 15 is 0 Å². The topological polar surface area (TPSA) is 108 Å². The molecule has 4 N–H and O–H groups in total. The summed E-state index contributed by atoms with van der Waals surface area (Å²) in [7, 11) is 0. The SMILES string of the molecule is Cc1cccc(NC(=O)Nc2ccc(Sc3nc(C)cc(Nc4cc(C)[nH]n4)n3)c(C)c2)c1. The van der Waals surface area contributed by atoms with Gasteiger partial charge in [-0.1, -0.05) is 12.1 Å². The Hall–Kier alpha value is -3.85. The lowest BCUT2D eigenvalue weighted by Gasteiger charge is -2.11. The molecular formula is C24H25N7OS. The summed E-state index contributed by atoms with van der Waals surface area (Å²) in [5, 5.41) is 16.7. The molecule has 0 saturated carbocycles. The smallest absolute Gasteiger partial charge is 0.323 e. The summed E-state index contributed by atoms with van der Waals surface area (Å²) in [6, 6.07) is 16.9. The van der Waals surface area contributed by atoms with Gasteiger partial charge >= 0.3 is 6.03 Å². The predicted octanol–water partition coefficient (Wildman–Crippen LogP) is 5.97. The van der Waals surface area contributed by atoms with Gasteiger partial charge in [0.2, 0.25) is 0 Å². The van der Waals surface area contributed by atoms with E-state index in [1.165, 1.54) is 11.8 Å². The Morgan fingerprint density at radius 1 is 0.879 bits per heavy atom. The van der Waals surface area contributed by atoms with Gasteiger partial charge in [-0.2, -0.15) is 5.10 Å². The van der Waals surface area contributed by atoms with Crippen LogP contribution in [0, 0.1) is 27.7 Å². The number of benzene rings is 2. The van der Waals surface area contributed by atoms with Crippen LogP contribution in [-0.4, -0.2) is 26.2 Å². The molecule has 4 aromatic rings. The number of nitrogens with zero attached hydrogens (tertiary/aromatic N) is 3. The Morgan fingerprint density at radius 2 is 1.67 bits per heavy atom. The van der Waals surface area contributed by atoms with Crippen LogP contribution < -0.4 is 16.0 Å². The van der Waals surface area contributed by atoms with Gasteiger partial charge in [0.15, 0.2) is 11.0 Å². The van der Waals surface area contributed by atoms with Gasteiger partial charge in [-0.05, 0) is 80.9 Å². The Labute approximate surface area is 196 Å². The number of carbonyl (C=O) groups is 1. The van der Waals surface area contributed by atoms with Crippen LogP contribution in [0.15, 0.2) is 64.6 Å². The van der Waals surface area contributed by atoms with E-state index in [1.807, 2.05) is 82.3 Å². The van der Waals surface area contributed by atoms with Crippen molar-refractivity contribution in [1.82, 2.24) is 20.2 Å². The fourth-order valence-corrected chi connectivity index (χ4v) is 4.11. The normalized spacial score (nSPS) is 10.7. The van der Waals surface area contributed by atoms with Crippen molar-refractivity contribution in [2.45, 2.75) is 37.7 Å². The molecule has 0 aliphatic rings. The summed E-state index contributed by atoms with van der Waals surface area (Å²) in [6.45, 7) is 7.85. The molecule has 0 saturated heterocycles. The third-order valence-corrected chi connectivity index (χ3v) is 5.75. The number of rotatable bonds is 6. The standard InChI is InChI=1S/C24H25N7OS/c1-14-6-5-7-18(10-14)26-23(32)27-19-8-9-20(15(2)11-19)33-24-25-16(3)12-21(29-24)28-22-13-17(4)30-31-22/h5-13H,1-4H3,(H2,26,27,32)(H2,25,28,29,30,31). The number of amides is 2. The maximum Gasteiger partial charge on any atom is 0.323 e. The van der Waals surface area contributed by atoms with Gasteiger partial charge in [0.05, 0.1) is 0 Å². The Balaban J connectivity index is 1.43. The maximum absolute atomic E-state index is 12.3. The molecule has 33 heavy (non-hydrogen) atoms. The lowest BCUT2D eigenvalue weighted by atomic mass is 10.2. The first kappa shape index (κ1) is 22.3. The molecular weight excluding hydrogens is 434 g/mol.